The number of nitrogens with one attached hydrogen (secondary N) is 1. The molecule has 0 aromatic heterocycles. The molecule has 0 fully saturated rings. The van der Waals surface area contributed by atoms with Gasteiger partial charge in [-0.3, -0.25) is 9.59 Å². The van der Waals surface area contributed by atoms with Crippen molar-refractivity contribution in [3.8, 4) is 5.75 Å². The number of hydrogen-bond donors (Lipinski definition) is 1. The van der Waals surface area contributed by atoms with Gasteiger partial charge in [-0.25, -0.2) is 0 Å². The van der Waals surface area contributed by atoms with Crippen LogP contribution in [0, 0.1) is 6.92 Å². The van der Waals surface area contributed by atoms with Crippen molar-refractivity contribution in [2.75, 3.05) is 13.7 Å². The number of ketones is 1. The molecule has 0 aliphatic rings. The maximum Gasteiger partial charge on any atom is 0.287 e. The molecule has 1 aromatic carbocycles. The van der Waals surface area contributed by atoms with Gasteiger partial charge in [-0.1, -0.05) is 11.6 Å². The standard InChI is InChI=1S/C13H16ClNO3/c1-8-6-12(18-3)10(7-11(8)14)4-5-15-13(17)9(2)16/h6-7H,4-5H2,1-3H3,(H,15,17). The van der Waals surface area contributed by atoms with Crippen LogP contribution in [0.15, 0.2) is 12.1 Å². The van der Waals surface area contributed by atoms with Crippen LogP contribution in [0.5, 0.6) is 5.75 Å². The third-order valence-corrected chi connectivity index (χ3v) is 2.97. The molecule has 98 valence electrons. The van der Waals surface area contributed by atoms with E-state index in [2.05, 4.69) is 5.32 Å². The first-order valence-corrected chi connectivity index (χ1v) is 5.95. The number of ether oxygens (including phenoxy) is 1. The van der Waals surface area contributed by atoms with E-state index >= 15 is 0 Å². The molecule has 0 saturated carbocycles. The van der Waals surface area contributed by atoms with Crippen molar-refractivity contribution in [2.24, 2.45) is 0 Å². The minimum atomic E-state index is -0.577. The number of methoxy groups -OCH3 is 1. The average Bonchev–Trinajstić information content (AvgIpc) is 2.32. The summed E-state index contributed by atoms with van der Waals surface area (Å²) < 4.78 is 5.25. The first-order valence-electron chi connectivity index (χ1n) is 5.57. The highest BCUT2D eigenvalue weighted by Crippen LogP contribution is 2.26. The summed E-state index contributed by atoms with van der Waals surface area (Å²) in [4.78, 5) is 21.8. The molecule has 0 atom stereocenters. The molecule has 1 rings (SSSR count). The number of halogens is 1. The lowest BCUT2D eigenvalue weighted by Crippen LogP contribution is -2.30. The van der Waals surface area contributed by atoms with Crippen molar-refractivity contribution >= 4 is 23.3 Å². The van der Waals surface area contributed by atoms with Crippen LogP contribution in [0.4, 0.5) is 0 Å². The minimum absolute atomic E-state index is 0.369. The Labute approximate surface area is 111 Å². The second-order valence-electron chi connectivity index (χ2n) is 3.98. The highest BCUT2D eigenvalue weighted by Gasteiger charge is 2.09. The Morgan fingerprint density at radius 2 is 2.06 bits per heavy atom. The molecule has 0 spiro atoms. The van der Waals surface area contributed by atoms with Crippen molar-refractivity contribution in [2.45, 2.75) is 20.3 Å². The van der Waals surface area contributed by atoms with E-state index in [1.807, 2.05) is 19.1 Å². The maximum atomic E-state index is 11.1. The predicted molar refractivity (Wildman–Crippen MR) is 70.1 cm³/mol. The third kappa shape index (κ3) is 3.74. The molecule has 1 aromatic rings. The Morgan fingerprint density at radius 1 is 1.39 bits per heavy atom. The first kappa shape index (κ1) is 14.5. The molecule has 0 aliphatic carbocycles. The smallest absolute Gasteiger partial charge is 0.287 e. The fourth-order valence-corrected chi connectivity index (χ4v) is 1.70. The molecule has 0 aliphatic heterocycles. The van der Waals surface area contributed by atoms with Crippen molar-refractivity contribution < 1.29 is 14.3 Å². The van der Waals surface area contributed by atoms with Crippen molar-refractivity contribution in [1.29, 1.82) is 0 Å². The van der Waals surface area contributed by atoms with Crippen LogP contribution < -0.4 is 10.1 Å². The Hall–Kier alpha value is -1.55. The number of Topliss-reactive ketones (excluding diaryl/α,β-unsaturated/α-hetero) is 1. The number of benzene rings is 1. The van der Waals surface area contributed by atoms with Gasteiger partial charge >= 0.3 is 0 Å². The largest absolute Gasteiger partial charge is 0.496 e. The van der Waals surface area contributed by atoms with E-state index in [-0.39, 0.29) is 0 Å². The van der Waals surface area contributed by atoms with Gasteiger partial charge in [0, 0.05) is 18.5 Å². The summed E-state index contributed by atoms with van der Waals surface area (Å²) in [6, 6.07) is 3.67. The van der Waals surface area contributed by atoms with Crippen molar-refractivity contribution in [1.82, 2.24) is 5.32 Å². The van der Waals surface area contributed by atoms with Crippen LogP contribution in [-0.2, 0) is 16.0 Å². The first-order chi connectivity index (χ1) is 8.45. The van der Waals surface area contributed by atoms with Gasteiger partial charge < -0.3 is 10.1 Å². The van der Waals surface area contributed by atoms with Crippen LogP contribution in [-0.4, -0.2) is 25.3 Å². The zero-order chi connectivity index (χ0) is 13.7. The monoisotopic (exact) mass is 269 g/mol. The topological polar surface area (TPSA) is 55.4 Å². The molecule has 5 heteroatoms. The molecular weight excluding hydrogens is 254 g/mol. The second kappa shape index (κ2) is 6.40. The summed E-state index contributed by atoms with van der Waals surface area (Å²) in [6.45, 7) is 3.50. The Bertz CT molecular complexity index is 472. The SMILES string of the molecule is COc1cc(C)c(Cl)cc1CCNC(=O)C(C)=O. The van der Waals surface area contributed by atoms with E-state index in [1.165, 1.54) is 6.92 Å². The summed E-state index contributed by atoms with van der Waals surface area (Å²) in [7, 11) is 1.58. The Balaban J connectivity index is 2.70. The minimum Gasteiger partial charge on any atom is -0.496 e. The van der Waals surface area contributed by atoms with Crippen LogP contribution in [0.1, 0.15) is 18.1 Å². The molecule has 0 radical (unpaired) electrons. The average molecular weight is 270 g/mol. The van der Waals surface area contributed by atoms with E-state index in [4.69, 9.17) is 16.3 Å². The van der Waals surface area contributed by atoms with Gasteiger partial charge in [0.05, 0.1) is 7.11 Å². The highest BCUT2D eigenvalue weighted by molar-refractivity contribution is 6.35. The fraction of sp³-hybridized carbons (Fsp3) is 0.385. The Kier molecular flexibility index (Phi) is 5.16. The molecule has 1 amide bonds. The number of aryl methyl sites for hydroxylation is 1. The van der Waals surface area contributed by atoms with Crippen LogP contribution in [0.2, 0.25) is 5.02 Å². The van der Waals surface area contributed by atoms with Crippen LogP contribution in [0.3, 0.4) is 0 Å². The van der Waals surface area contributed by atoms with E-state index in [0.29, 0.717) is 18.0 Å². The lowest BCUT2D eigenvalue weighted by atomic mass is 10.1. The van der Waals surface area contributed by atoms with Gasteiger partial charge in [-0.15, -0.1) is 0 Å². The zero-order valence-electron chi connectivity index (χ0n) is 10.7. The van der Waals surface area contributed by atoms with E-state index in [9.17, 15) is 9.59 Å². The Morgan fingerprint density at radius 3 is 2.61 bits per heavy atom. The fourth-order valence-electron chi connectivity index (χ4n) is 1.52. The van der Waals surface area contributed by atoms with Crippen LogP contribution >= 0.6 is 11.6 Å². The molecule has 0 heterocycles. The quantitative estimate of drug-likeness (QED) is 0.831. The van der Waals surface area contributed by atoms with E-state index in [1.54, 1.807) is 7.11 Å². The van der Waals surface area contributed by atoms with Crippen molar-refractivity contribution in [3.63, 3.8) is 0 Å². The van der Waals surface area contributed by atoms with Crippen LogP contribution in [0.25, 0.3) is 0 Å². The predicted octanol–water partition coefficient (Wildman–Crippen LogP) is 1.90. The number of carbonyl (C=O) groups is 2. The van der Waals surface area contributed by atoms with Gasteiger partial charge in [0.25, 0.3) is 5.91 Å². The summed E-state index contributed by atoms with van der Waals surface area (Å²) in [5.41, 5.74) is 1.84. The summed E-state index contributed by atoms with van der Waals surface area (Å²) >= 11 is 6.04. The highest BCUT2D eigenvalue weighted by atomic mass is 35.5. The van der Waals surface area contributed by atoms with Gasteiger partial charge in [0.1, 0.15) is 5.75 Å². The second-order valence-corrected chi connectivity index (χ2v) is 4.38. The molecule has 18 heavy (non-hydrogen) atoms. The molecule has 0 saturated heterocycles. The summed E-state index contributed by atoms with van der Waals surface area (Å²) in [6.07, 6.45) is 0.558. The van der Waals surface area contributed by atoms with Gasteiger partial charge in [0.15, 0.2) is 0 Å². The van der Waals surface area contributed by atoms with Gasteiger partial charge in [-0.05, 0) is 36.6 Å². The third-order valence-electron chi connectivity index (χ3n) is 2.56. The van der Waals surface area contributed by atoms with Crippen molar-refractivity contribution in [3.05, 3.63) is 28.3 Å². The molecule has 0 unspecified atom stereocenters. The van der Waals surface area contributed by atoms with E-state index < -0.39 is 11.7 Å². The number of amides is 1. The summed E-state index contributed by atoms with van der Waals surface area (Å²) in [5, 5.41) is 3.19. The number of rotatable bonds is 5. The van der Waals surface area contributed by atoms with Gasteiger partial charge in [-0.2, -0.15) is 0 Å². The molecule has 0 bridgehead atoms. The summed E-state index contributed by atoms with van der Waals surface area (Å²) in [5.74, 6) is -0.343. The lowest BCUT2D eigenvalue weighted by molar-refractivity contribution is -0.136. The number of hydrogen-bond acceptors (Lipinski definition) is 3. The normalized spacial score (nSPS) is 10.0. The maximum absolute atomic E-state index is 11.1. The zero-order valence-corrected chi connectivity index (χ0v) is 11.4. The lowest BCUT2D eigenvalue weighted by Gasteiger charge is -2.11. The molecule has 1 N–H and O–H groups in total. The van der Waals surface area contributed by atoms with E-state index in [0.717, 1.165) is 16.9 Å². The van der Waals surface area contributed by atoms with Gasteiger partial charge in [0.2, 0.25) is 5.78 Å². The number of carbonyl (C=O) groups excluding carboxylic acids is 2. The molecule has 4 nitrogen and oxygen atoms in total. The molecular formula is C13H16ClNO3.